The molecule has 0 bridgehead atoms. The topological polar surface area (TPSA) is 151 Å². The van der Waals surface area contributed by atoms with Crippen LogP contribution >= 0.6 is 0 Å². The zero-order chi connectivity index (χ0) is 29.1. The van der Waals surface area contributed by atoms with Gasteiger partial charge in [0.2, 0.25) is 0 Å². The Morgan fingerprint density at radius 1 is 1.05 bits per heavy atom. The number of benzene rings is 1. The zero-order valence-electron chi connectivity index (χ0n) is 19.8. The highest BCUT2D eigenvalue weighted by Crippen LogP contribution is 2.33. The van der Waals surface area contributed by atoms with E-state index >= 15 is 0 Å². The first-order valence-electron chi connectivity index (χ1n) is 10.4. The van der Waals surface area contributed by atoms with E-state index in [0.29, 0.717) is 11.3 Å². The monoisotopic (exact) mass is 557 g/mol. The molecule has 17 heteroatoms. The molecule has 3 aromatic heterocycles. The summed E-state index contributed by atoms with van der Waals surface area (Å²) in [5.74, 6) is -2.80. The van der Waals surface area contributed by atoms with Crippen LogP contribution in [0.4, 0.5) is 32.2 Å². The number of carboxylic acids is 1. The molecule has 0 atom stereocenters. The molecule has 0 fully saturated rings. The number of halogens is 6. The highest BCUT2D eigenvalue weighted by molar-refractivity contribution is 5.73. The van der Waals surface area contributed by atoms with Crippen LogP contribution in [0.3, 0.4) is 0 Å². The Morgan fingerprint density at radius 3 is 2.26 bits per heavy atom. The lowest BCUT2D eigenvalue weighted by molar-refractivity contribution is -0.192. The quantitative estimate of drug-likeness (QED) is 0.360. The Bertz CT molecular complexity index is 1560. The van der Waals surface area contributed by atoms with Crippen LogP contribution in [0.15, 0.2) is 53.7 Å². The minimum Gasteiger partial charge on any atom is -0.497 e. The molecule has 0 saturated carbocycles. The summed E-state index contributed by atoms with van der Waals surface area (Å²) in [6.07, 6.45) is -4.94. The number of nitrogens with zero attached hydrogens (tertiary/aromatic N) is 6. The van der Waals surface area contributed by atoms with Gasteiger partial charge in [0.25, 0.3) is 5.56 Å². The molecule has 0 aliphatic heterocycles. The Kier molecular flexibility index (Phi) is 7.92. The number of hydrogen-bond donors (Lipinski definition) is 2. The smallest absolute Gasteiger partial charge is 0.490 e. The van der Waals surface area contributed by atoms with Crippen LogP contribution in [-0.4, -0.2) is 53.9 Å². The van der Waals surface area contributed by atoms with Gasteiger partial charge in [-0.2, -0.15) is 41.2 Å². The summed E-state index contributed by atoms with van der Waals surface area (Å²) >= 11 is 0. The van der Waals surface area contributed by atoms with Crippen LogP contribution in [0.2, 0.25) is 0 Å². The molecule has 0 spiro atoms. The number of hydrogen-bond acceptors (Lipinski definition) is 8. The Labute approximate surface area is 214 Å². The first-order chi connectivity index (χ1) is 18.1. The number of carbonyl (C=O) groups is 1. The fourth-order valence-electron chi connectivity index (χ4n) is 2.99. The first-order valence-corrected chi connectivity index (χ1v) is 10.4. The van der Waals surface area contributed by atoms with Crippen LogP contribution in [0.5, 0.6) is 5.75 Å². The largest absolute Gasteiger partial charge is 0.497 e. The van der Waals surface area contributed by atoms with E-state index in [1.54, 1.807) is 24.1 Å². The summed E-state index contributed by atoms with van der Waals surface area (Å²) in [4.78, 5) is 29.9. The highest BCUT2D eigenvalue weighted by atomic mass is 19.4. The minimum absolute atomic E-state index is 0.0389. The van der Waals surface area contributed by atoms with Crippen molar-refractivity contribution in [3.8, 4) is 34.1 Å². The van der Waals surface area contributed by atoms with Crippen LogP contribution in [-0.2, 0) is 18.0 Å². The third-order valence-corrected chi connectivity index (χ3v) is 4.79. The normalized spacial score (nSPS) is 11.5. The average molecular weight is 557 g/mol. The van der Waals surface area contributed by atoms with E-state index in [-0.39, 0.29) is 28.6 Å². The molecule has 1 aromatic carbocycles. The maximum atomic E-state index is 13.3. The van der Waals surface area contributed by atoms with Gasteiger partial charge in [0.15, 0.2) is 5.82 Å². The van der Waals surface area contributed by atoms with Crippen LogP contribution in [0.25, 0.3) is 28.3 Å². The lowest BCUT2D eigenvalue weighted by Crippen LogP contribution is -2.21. The molecular weight excluding hydrogens is 540 g/mol. The van der Waals surface area contributed by atoms with Crippen molar-refractivity contribution in [3.63, 3.8) is 0 Å². The summed E-state index contributed by atoms with van der Waals surface area (Å²) in [5, 5.41) is 15.4. The lowest BCUT2D eigenvalue weighted by Gasteiger charge is -2.13. The first kappa shape index (κ1) is 28.6. The van der Waals surface area contributed by atoms with E-state index < -0.39 is 29.4 Å². The van der Waals surface area contributed by atoms with Gasteiger partial charge < -0.3 is 15.6 Å². The third kappa shape index (κ3) is 6.88. The second-order valence-electron chi connectivity index (χ2n) is 7.58. The standard InChI is InChI=1S/C20H16F3N7O2.C2HF3O2/c1-29-10-11(8-26-29)16-9-25-19(24)18(27-16)15-3-4-17(31)30(28-15)13-5-12(20(21,22)23)6-14(7-13)32-2;3-2(4,5)1(6)7/h3-10H,1-2H3,(H2,24,25);(H,6,7). The maximum absolute atomic E-state index is 13.3. The number of nitrogen functional groups attached to an aromatic ring is 1. The molecule has 0 unspecified atom stereocenters. The minimum atomic E-state index is -5.08. The van der Waals surface area contributed by atoms with E-state index in [4.69, 9.17) is 20.4 Å². The van der Waals surface area contributed by atoms with Gasteiger partial charge in [-0.3, -0.25) is 9.48 Å². The fraction of sp³-hybridized carbons (Fsp3) is 0.182. The number of aromatic nitrogens is 6. The number of carboxylic acid groups (broad SMARTS) is 1. The molecule has 3 heterocycles. The lowest BCUT2D eigenvalue weighted by atomic mass is 10.1. The van der Waals surface area contributed by atoms with Crippen LogP contribution in [0.1, 0.15) is 5.56 Å². The molecule has 4 aromatic rings. The number of anilines is 1. The van der Waals surface area contributed by atoms with Gasteiger partial charge in [-0.1, -0.05) is 0 Å². The summed E-state index contributed by atoms with van der Waals surface area (Å²) in [6.45, 7) is 0. The van der Waals surface area contributed by atoms with Crippen molar-refractivity contribution in [2.75, 3.05) is 12.8 Å². The SMILES string of the molecule is COc1cc(-n2nc(-c3nc(-c4cnn(C)c4)cnc3N)ccc2=O)cc(C(F)(F)F)c1.O=C(O)C(F)(F)F. The van der Waals surface area contributed by atoms with Gasteiger partial charge in [-0.05, 0) is 18.2 Å². The van der Waals surface area contributed by atoms with Crippen molar-refractivity contribution in [1.29, 1.82) is 0 Å². The molecule has 0 aliphatic rings. The van der Waals surface area contributed by atoms with E-state index in [1.807, 2.05) is 0 Å². The average Bonchev–Trinajstić information content (AvgIpc) is 3.30. The van der Waals surface area contributed by atoms with E-state index in [2.05, 4.69) is 20.2 Å². The van der Waals surface area contributed by atoms with Gasteiger partial charge in [0.1, 0.15) is 17.1 Å². The summed E-state index contributed by atoms with van der Waals surface area (Å²) in [6, 6.07) is 5.44. The number of alkyl halides is 6. The van der Waals surface area contributed by atoms with Crippen LogP contribution in [0, 0.1) is 0 Å². The number of ether oxygens (including phenoxy) is 1. The number of rotatable bonds is 4. The Morgan fingerprint density at radius 2 is 1.72 bits per heavy atom. The predicted molar refractivity (Wildman–Crippen MR) is 123 cm³/mol. The van der Waals surface area contributed by atoms with Gasteiger partial charge >= 0.3 is 18.3 Å². The molecular formula is C22H17F6N7O4. The molecule has 206 valence electrons. The van der Waals surface area contributed by atoms with E-state index in [9.17, 15) is 31.1 Å². The number of methoxy groups -OCH3 is 1. The predicted octanol–water partition coefficient (Wildman–Crippen LogP) is 3.33. The zero-order valence-corrected chi connectivity index (χ0v) is 19.8. The molecule has 4 rings (SSSR count). The van der Waals surface area contributed by atoms with Gasteiger partial charge in [-0.15, -0.1) is 0 Å². The number of aryl methyl sites for hydroxylation is 1. The molecule has 0 amide bonds. The molecule has 3 N–H and O–H groups in total. The van der Waals surface area contributed by atoms with Gasteiger partial charge in [0, 0.05) is 30.9 Å². The Balaban J connectivity index is 0.000000532. The molecule has 0 aliphatic carbocycles. The van der Waals surface area contributed by atoms with Gasteiger partial charge in [0.05, 0.1) is 36.4 Å². The summed E-state index contributed by atoms with van der Waals surface area (Å²) in [7, 11) is 2.97. The second-order valence-corrected chi connectivity index (χ2v) is 7.58. The number of nitrogens with two attached hydrogens (primary N) is 1. The highest BCUT2D eigenvalue weighted by Gasteiger charge is 2.38. The van der Waals surface area contributed by atoms with Crippen molar-refractivity contribution in [2.24, 2.45) is 7.05 Å². The second kappa shape index (κ2) is 10.8. The number of aliphatic carboxylic acids is 1. The molecule has 0 radical (unpaired) electrons. The summed E-state index contributed by atoms with van der Waals surface area (Å²) < 4.78 is 79.0. The van der Waals surface area contributed by atoms with Crippen molar-refractivity contribution in [3.05, 3.63) is 64.8 Å². The summed E-state index contributed by atoms with van der Waals surface area (Å²) in [5.41, 5.74) is 5.66. The molecule has 0 saturated heterocycles. The third-order valence-electron chi connectivity index (χ3n) is 4.79. The van der Waals surface area contributed by atoms with Crippen molar-refractivity contribution in [2.45, 2.75) is 12.4 Å². The molecule has 39 heavy (non-hydrogen) atoms. The maximum Gasteiger partial charge on any atom is 0.490 e. The fourth-order valence-corrected chi connectivity index (χ4v) is 2.99. The molecule has 11 nitrogen and oxygen atoms in total. The Hall–Kier alpha value is -4.96. The van der Waals surface area contributed by atoms with E-state index in [0.717, 1.165) is 22.9 Å². The van der Waals surface area contributed by atoms with Crippen molar-refractivity contribution >= 4 is 11.8 Å². The van der Waals surface area contributed by atoms with Gasteiger partial charge in [-0.25, -0.2) is 14.8 Å². The van der Waals surface area contributed by atoms with Crippen molar-refractivity contribution < 1.29 is 41.0 Å². The van der Waals surface area contributed by atoms with E-state index in [1.165, 1.54) is 25.4 Å². The van der Waals surface area contributed by atoms with Crippen LogP contribution < -0.4 is 16.0 Å². The van der Waals surface area contributed by atoms with Crippen molar-refractivity contribution in [1.82, 2.24) is 29.5 Å².